The van der Waals surface area contributed by atoms with Crippen LogP contribution < -0.4 is 4.90 Å². The molecule has 0 atom stereocenters. The zero-order chi connectivity index (χ0) is 24.1. The molecule has 3 rings (SSSR count). The van der Waals surface area contributed by atoms with Gasteiger partial charge in [0.15, 0.2) is 0 Å². The number of carbonyl (C=O) groups is 2. The molecule has 0 aliphatic carbocycles. The maximum Gasteiger partial charge on any atom is 0.259 e. The van der Waals surface area contributed by atoms with Gasteiger partial charge in [0.25, 0.3) is 5.91 Å². The van der Waals surface area contributed by atoms with Gasteiger partial charge in [0, 0.05) is 45.3 Å². The summed E-state index contributed by atoms with van der Waals surface area (Å²) in [6.07, 6.45) is 0.886. The highest BCUT2D eigenvalue weighted by Crippen LogP contribution is 2.27. The molecule has 2 heterocycles. The Morgan fingerprint density at radius 2 is 1.79 bits per heavy atom. The molecule has 1 aromatic carbocycles. The standard InChI is InChI=1S/C26H38N4O3/c1-18(2)16-28-12-9-13-30(21(6)31)23-11-8-7-10-22(23)17-29(15-14-28)26(32)24-20(5)33-27-25(24)19(3)4/h7-8,10-11,18-19H,9,12-17H2,1-6H3. The smallest absolute Gasteiger partial charge is 0.259 e. The molecule has 33 heavy (non-hydrogen) atoms. The van der Waals surface area contributed by atoms with Gasteiger partial charge in [-0.2, -0.15) is 0 Å². The predicted molar refractivity (Wildman–Crippen MR) is 130 cm³/mol. The molecule has 180 valence electrons. The van der Waals surface area contributed by atoms with Gasteiger partial charge >= 0.3 is 0 Å². The summed E-state index contributed by atoms with van der Waals surface area (Å²) in [5, 5.41) is 4.17. The third kappa shape index (κ3) is 6.02. The summed E-state index contributed by atoms with van der Waals surface area (Å²) in [5.41, 5.74) is 3.12. The minimum Gasteiger partial charge on any atom is -0.361 e. The lowest BCUT2D eigenvalue weighted by Gasteiger charge is -2.29. The fourth-order valence-corrected chi connectivity index (χ4v) is 4.54. The fraction of sp³-hybridized carbons (Fsp3) is 0.577. The molecule has 7 nitrogen and oxygen atoms in total. The van der Waals surface area contributed by atoms with E-state index in [0.29, 0.717) is 42.6 Å². The maximum atomic E-state index is 13.8. The molecule has 0 N–H and O–H groups in total. The Labute approximate surface area is 197 Å². The highest BCUT2D eigenvalue weighted by molar-refractivity contribution is 5.97. The summed E-state index contributed by atoms with van der Waals surface area (Å²) in [7, 11) is 0. The van der Waals surface area contributed by atoms with Crippen molar-refractivity contribution in [3.8, 4) is 0 Å². The monoisotopic (exact) mass is 454 g/mol. The zero-order valence-corrected chi connectivity index (χ0v) is 20.9. The highest BCUT2D eigenvalue weighted by Gasteiger charge is 2.28. The number of carbonyl (C=O) groups excluding carboxylic acids is 2. The lowest BCUT2D eigenvalue weighted by Crippen LogP contribution is -2.40. The molecule has 0 unspecified atom stereocenters. The zero-order valence-electron chi connectivity index (χ0n) is 20.9. The molecule has 0 saturated heterocycles. The van der Waals surface area contributed by atoms with Crippen molar-refractivity contribution in [2.45, 2.75) is 60.4 Å². The lowest BCUT2D eigenvalue weighted by molar-refractivity contribution is -0.116. The van der Waals surface area contributed by atoms with Crippen LogP contribution in [0.25, 0.3) is 0 Å². The van der Waals surface area contributed by atoms with Crippen molar-refractivity contribution < 1.29 is 14.1 Å². The molecule has 0 fully saturated rings. The number of fused-ring (bicyclic) bond motifs is 1. The number of benzene rings is 1. The Balaban J connectivity index is 2.02. The SMILES string of the molecule is CC(=O)N1CCCN(CC(C)C)CCN(C(=O)c2c(C(C)C)noc2C)Cc2ccccc21. The van der Waals surface area contributed by atoms with Gasteiger partial charge in [-0.05, 0) is 43.4 Å². The van der Waals surface area contributed by atoms with Gasteiger partial charge in [-0.1, -0.05) is 51.1 Å². The number of aromatic nitrogens is 1. The van der Waals surface area contributed by atoms with Crippen molar-refractivity contribution in [2.24, 2.45) is 5.92 Å². The molecule has 1 aliphatic rings. The molecule has 0 saturated carbocycles. The number of para-hydroxylation sites is 1. The van der Waals surface area contributed by atoms with E-state index in [1.165, 1.54) is 0 Å². The Hall–Kier alpha value is -2.67. The van der Waals surface area contributed by atoms with Crippen molar-refractivity contribution in [1.29, 1.82) is 0 Å². The summed E-state index contributed by atoms with van der Waals surface area (Å²) in [4.78, 5) is 32.5. The van der Waals surface area contributed by atoms with Gasteiger partial charge < -0.3 is 19.2 Å². The first-order chi connectivity index (χ1) is 15.7. The minimum absolute atomic E-state index is 0.0203. The molecule has 0 bridgehead atoms. The second-order valence-corrected chi connectivity index (χ2v) is 9.73. The maximum absolute atomic E-state index is 13.8. The largest absolute Gasteiger partial charge is 0.361 e. The van der Waals surface area contributed by atoms with Gasteiger partial charge in [-0.15, -0.1) is 0 Å². The van der Waals surface area contributed by atoms with Gasteiger partial charge in [-0.25, -0.2) is 0 Å². The molecule has 2 amide bonds. The summed E-state index contributed by atoms with van der Waals surface area (Å²) in [6.45, 7) is 16.2. The number of aryl methyl sites for hydroxylation is 1. The van der Waals surface area contributed by atoms with E-state index < -0.39 is 0 Å². The van der Waals surface area contributed by atoms with Crippen LogP contribution in [0.4, 0.5) is 5.69 Å². The van der Waals surface area contributed by atoms with E-state index in [1.807, 2.05) is 47.9 Å². The van der Waals surface area contributed by atoms with Crippen molar-refractivity contribution in [1.82, 2.24) is 15.0 Å². The van der Waals surface area contributed by atoms with E-state index in [0.717, 1.165) is 37.3 Å². The summed E-state index contributed by atoms with van der Waals surface area (Å²) in [6, 6.07) is 7.91. The van der Waals surface area contributed by atoms with Crippen LogP contribution in [0.15, 0.2) is 28.8 Å². The van der Waals surface area contributed by atoms with Gasteiger partial charge in [-0.3, -0.25) is 9.59 Å². The van der Waals surface area contributed by atoms with Gasteiger partial charge in [0.1, 0.15) is 11.3 Å². The topological polar surface area (TPSA) is 69.9 Å². The van der Waals surface area contributed by atoms with Crippen LogP contribution in [0.2, 0.25) is 0 Å². The Morgan fingerprint density at radius 3 is 2.45 bits per heavy atom. The lowest BCUT2D eigenvalue weighted by atomic mass is 10.0. The van der Waals surface area contributed by atoms with E-state index in [1.54, 1.807) is 13.8 Å². The van der Waals surface area contributed by atoms with E-state index in [9.17, 15) is 9.59 Å². The van der Waals surface area contributed by atoms with Crippen LogP contribution in [0.5, 0.6) is 0 Å². The molecule has 1 aliphatic heterocycles. The first-order valence-corrected chi connectivity index (χ1v) is 12.0. The van der Waals surface area contributed by atoms with Crippen LogP contribution in [0, 0.1) is 12.8 Å². The van der Waals surface area contributed by atoms with Crippen molar-refractivity contribution >= 4 is 17.5 Å². The minimum atomic E-state index is -0.0645. The normalized spacial score (nSPS) is 16.1. The third-order valence-corrected chi connectivity index (χ3v) is 6.13. The molecule has 1 aromatic heterocycles. The van der Waals surface area contributed by atoms with E-state index in [2.05, 4.69) is 23.9 Å². The fourth-order valence-electron chi connectivity index (χ4n) is 4.54. The second-order valence-electron chi connectivity index (χ2n) is 9.73. The summed E-state index contributed by atoms with van der Waals surface area (Å²) < 4.78 is 5.42. The van der Waals surface area contributed by atoms with Gasteiger partial charge in [0.05, 0.1) is 5.69 Å². The molecular formula is C26H38N4O3. The van der Waals surface area contributed by atoms with Crippen LogP contribution in [0.3, 0.4) is 0 Å². The van der Waals surface area contributed by atoms with E-state index >= 15 is 0 Å². The van der Waals surface area contributed by atoms with E-state index in [-0.39, 0.29) is 17.7 Å². The number of rotatable bonds is 4. The average molecular weight is 455 g/mol. The van der Waals surface area contributed by atoms with Crippen molar-refractivity contribution in [3.05, 3.63) is 46.8 Å². The number of anilines is 1. The van der Waals surface area contributed by atoms with Crippen LogP contribution in [0.1, 0.15) is 74.3 Å². The van der Waals surface area contributed by atoms with Crippen LogP contribution in [-0.4, -0.2) is 59.5 Å². The second kappa shape index (κ2) is 11.0. The molecule has 2 aromatic rings. The number of nitrogens with zero attached hydrogens (tertiary/aromatic N) is 4. The quantitative estimate of drug-likeness (QED) is 0.682. The average Bonchev–Trinajstić information content (AvgIpc) is 3.13. The molecular weight excluding hydrogens is 416 g/mol. The first-order valence-electron chi connectivity index (χ1n) is 12.0. The summed E-state index contributed by atoms with van der Waals surface area (Å²) in [5.74, 6) is 1.12. The van der Waals surface area contributed by atoms with Crippen LogP contribution >= 0.6 is 0 Å². The Bertz CT molecular complexity index is 966. The Kier molecular flexibility index (Phi) is 8.30. The number of hydrogen-bond donors (Lipinski definition) is 0. The molecule has 7 heteroatoms. The molecule has 0 spiro atoms. The predicted octanol–water partition coefficient (Wildman–Crippen LogP) is 4.46. The Morgan fingerprint density at radius 1 is 1.06 bits per heavy atom. The van der Waals surface area contributed by atoms with Crippen molar-refractivity contribution in [2.75, 3.05) is 37.6 Å². The van der Waals surface area contributed by atoms with Crippen molar-refractivity contribution in [3.63, 3.8) is 0 Å². The third-order valence-electron chi connectivity index (χ3n) is 6.13. The van der Waals surface area contributed by atoms with Gasteiger partial charge in [0.2, 0.25) is 5.91 Å². The van der Waals surface area contributed by atoms with Crippen LogP contribution in [-0.2, 0) is 11.3 Å². The highest BCUT2D eigenvalue weighted by atomic mass is 16.5. The molecule has 0 radical (unpaired) electrons. The summed E-state index contributed by atoms with van der Waals surface area (Å²) >= 11 is 0. The first kappa shape index (κ1) is 25.0. The number of hydrogen-bond acceptors (Lipinski definition) is 5. The number of amides is 2. The van der Waals surface area contributed by atoms with E-state index in [4.69, 9.17) is 4.52 Å².